The van der Waals surface area contributed by atoms with Crippen molar-refractivity contribution in [2.24, 2.45) is 0 Å². The molecule has 1 heterocycles. The van der Waals surface area contributed by atoms with Gasteiger partial charge in [0.15, 0.2) is 0 Å². The first-order valence-corrected chi connectivity index (χ1v) is 9.71. The second-order valence-electron chi connectivity index (χ2n) is 6.69. The Bertz CT molecular complexity index is 896. The largest absolute Gasteiger partial charge is 0.489 e. The molecule has 0 saturated carbocycles. The van der Waals surface area contributed by atoms with E-state index >= 15 is 0 Å². The molecule has 0 aliphatic carbocycles. The first-order valence-electron chi connectivity index (χ1n) is 9.33. The van der Waals surface area contributed by atoms with E-state index in [9.17, 15) is 4.79 Å². The highest BCUT2D eigenvalue weighted by Crippen LogP contribution is 2.22. The molecule has 3 rings (SSSR count). The molecule has 152 valence electrons. The quantitative estimate of drug-likeness (QED) is 0.531. The number of carbonyl (C=O) groups excluding carboxylic acids is 1. The summed E-state index contributed by atoms with van der Waals surface area (Å²) < 4.78 is 13.0. The minimum Gasteiger partial charge on any atom is -0.489 e. The van der Waals surface area contributed by atoms with Crippen molar-refractivity contribution >= 4 is 23.4 Å². The number of aryl methyl sites for hydroxylation is 1. The maximum absolute atomic E-state index is 11.6. The number of nitrogens with zero attached hydrogens (tertiary/aromatic N) is 3. The van der Waals surface area contributed by atoms with E-state index < -0.39 is 6.09 Å². The molecule has 0 aliphatic rings. The second-order valence-corrected chi connectivity index (χ2v) is 7.12. The van der Waals surface area contributed by atoms with Gasteiger partial charge in [-0.15, -0.1) is 0 Å². The summed E-state index contributed by atoms with van der Waals surface area (Å²) in [5, 5.41) is 0.733. The fourth-order valence-corrected chi connectivity index (χ4v) is 3.11. The van der Waals surface area contributed by atoms with Crippen LogP contribution in [0.4, 0.5) is 10.5 Å². The lowest BCUT2D eigenvalue weighted by atomic mass is 10.1. The summed E-state index contributed by atoms with van der Waals surface area (Å²) in [6, 6.07) is 15.3. The number of rotatable bonds is 8. The average Bonchev–Trinajstić information content (AvgIpc) is 3.25. The fraction of sp³-hybridized carbons (Fsp3) is 0.273. The monoisotopic (exact) mass is 413 g/mol. The summed E-state index contributed by atoms with van der Waals surface area (Å²) in [7, 11) is 3.02. The average molecular weight is 414 g/mol. The Kier molecular flexibility index (Phi) is 7.14. The smallest absolute Gasteiger partial charge is 0.413 e. The molecule has 0 N–H and O–H groups in total. The molecule has 0 bridgehead atoms. The van der Waals surface area contributed by atoms with Crippen molar-refractivity contribution in [1.29, 1.82) is 0 Å². The van der Waals surface area contributed by atoms with E-state index in [4.69, 9.17) is 21.1 Å². The molecule has 1 unspecified atom stereocenters. The molecule has 7 heteroatoms. The standard InChI is InChI=1S/C22H24ClN3O3/c1-25(22(27)28-2)19-8-11-20(12-9-19)29-21(15-26-14-13-24-16-26)10-5-17-3-6-18(23)7-4-17/h3-4,6-9,11-14,16,21H,5,10,15H2,1-2H3. The van der Waals surface area contributed by atoms with Crippen molar-refractivity contribution < 1.29 is 14.3 Å². The van der Waals surface area contributed by atoms with Crippen molar-refractivity contribution in [2.45, 2.75) is 25.5 Å². The molecule has 0 aliphatic heterocycles. The fourth-order valence-electron chi connectivity index (χ4n) is 2.98. The van der Waals surface area contributed by atoms with Gasteiger partial charge in [-0.25, -0.2) is 9.78 Å². The van der Waals surface area contributed by atoms with Crippen LogP contribution in [0.25, 0.3) is 0 Å². The van der Waals surface area contributed by atoms with Crippen molar-refractivity contribution in [1.82, 2.24) is 9.55 Å². The van der Waals surface area contributed by atoms with Crippen LogP contribution in [0.15, 0.2) is 67.3 Å². The zero-order valence-electron chi connectivity index (χ0n) is 16.5. The van der Waals surface area contributed by atoms with E-state index in [-0.39, 0.29) is 6.10 Å². The molecule has 29 heavy (non-hydrogen) atoms. The van der Waals surface area contributed by atoms with E-state index in [1.807, 2.05) is 59.3 Å². The summed E-state index contributed by atoms with van der Waals surface area (Å²) in [4.78, 5) is 17.2. The number of halogens is 1. The van der Waals surface area contributed by atoms with Crippen LogP contribution in [0.3, 0.4) is 0 Å². The van der Waals surface area contributed by atoms with Crippen molar-refractivity contribution in [3.8, 4) is 5.75 Å². The summed E-state index contributed by atoms with van der Waals surface area (Å²) >= 11 is 5.97. The number of carbonyl (C=O) groups is 1. The molecular formula is C22H24ClN3O3. The van der Waals surface area contributed by atoms with Crippen LogP contribution >= 0.6 is 11.6 Å². The third-order valence-corrected chi connectivity index (χ3v) is 4.87. The first-order chi connectivity index (χ1) is 14.0. The van der Waals surface area contributed by atoms with E-state index in [0.717, 1.165) is 29.3 Å². The molecule has 3 aromatic rings. The SMILES string of the molecule is COC(=O)N(C)c1ccc(OC(CCc2ccc(Cl)cc2)Cn2ccnc2)cc1. The highest BCUT2D eigenvalue weighted by molar-refractivity contribution is 6.30. The Morgan fingerprint density at radius 1 is 1.17 bits per heavy atom. The van der Waals surface area contributed by atoms with E-state index in [2.05, 4.69) is 4.98 Å². The number of imidazole rings is 1. The van der Waals surface area contributed by atoms with E-state index in [1.54, 1.807) is 19.6 Å². The number of amides is 1. The second kappa shape index (κ2) is 9.98. The molecule has 1 atom stereocenters. The van der Waals surface area contributed by atoms with Crippen LogP contribution in [-0.4, -0.2) is 35.9 Å². The molecule has 0 radical (unpaired) electrons. The van der Waals surface area contributed by atoms with Gasteiger partial charge in [0.25, 0.3) is 0 Å². The molecule has 1 amide bonds. The number of aromatic nitrogens is 2. The van der Waals surface area contributed by atoms with Gasteiger partial charge in [0.2, 0.25) is 0 Å². The van der Waals surface area contributed by atoms with Crippen molar-refractivity contribution in [2.75, 3.05) is 19.1 Å². The van der Waals surface area contributed by atoms with Crippen LogP contribution in [0, 0.1) is 0 Å². The third kappa shape index (κ3) is 5.99. The number of anilines is 1. The molecular weight excluding hydrogens is 390 g/mol. The summed E-state index contributed by atoms with van der Waals surface area (Å²) in [6.07, 6.45) is 6.72. The van der Waals surface area contributed by atoms with Crippen LogP contribution in [0.1, 0.15) is 12.0 Å². The lowest BCUT2D eigenvalue weighted by Gasteiger charge is -2.21. The first kappa shape index (κ1) is 20.7. The lowest BCUT2D eigenvalue weighted by molar-refractivity contribution is 0.170. The normalized spacial score (nSPS) is 11.7. The van der Waals surface area contributed by atoms with Crippen LogP contribution in [-0.2, 0) is 17.7 Å². The van der Waals surface area contributed by atoms with Crippen LogP contribution in [0.5, 0.6) is 5.75 Å². The van der Waals surface area contributed by atoms with E-state index in [1.165, 1.54) is 17.6 Å². The van der Waals surface area contributed by atoms with Gasteiger partial charge in [-0.1, -0.05) is 23.7 Å². The Hall–Kier alpha value is -2.99. The molecule has 0 spiro atoms. The number of hydrogen-bond acceptors (Lipinski definition) is 4. The maximum atomic E-state index is 11.6. The Morgan fingerprint density at radius 2 is 1.90 bits per heavy atom. The zero-order valence-corrected chi connectivity index (χ0v) is 17.2. The van der Waals surface area contributed by atoms with Gasteiger partial charge >= 0.3 is 6.09 Å². The van der Waals surface area contributed by atoms with Crippen LogP contribution < -0.4 is 9.64 Å². The molecule has 1 aromatic heterocycles. The van der Waals surface area contributed by atoms with Gasteiger partial charge in [0.05, 0.1) is 20.0 Å². The Morgan fingerprint density at radius 3 is 2.52 bits per heavy atom. The number of methoxy groups -OCH3 is 1. The molecule has 6 nitrogen and oxygen atoms in total. The summed E-state index contributed by atoms with van der Waals surface area (Å²) in [5.74, 6) is 0.744. The van der Waals surface area contributed by atoms with Gasteiger partial charge in [-0.05, 0) is 54.8 Å². The van der Waals surface area contributed by atoms with Gasteiger partial charge in [0, 0.05) is 30.2 Å². The zero-order chi connectivity index (χ0) is 20.6. The molecule has 0 fully saturated rings. The minimum absolute atomic E-state index is 0.0379. The maximum Gasteiger partial charge on any atom is 0.413 e. The van der Waals surface area contributed by atoms with Crippen LogP contribution in [0.2, 0.25) is 5.02 Å². The molecule has 2 aromatic carbocycles. The predicted octanol–water partition coefficient (Wildman–Crippen LogP) is 4.82. The number of benzene rings is 2. The predicted molar refractivity (Wildman–Crippen MR) is 114 cm³/mol. The summed E-state index contributed by atoms with van der Waals surface area (Å²) in [6.45, 7) is 0.692. The third-order valence-electron chi connectivity index (χ3n) is 4.62. The number of ether oxygens (including phenoxy) is 2. The molecule has 0 saturated heterocycles. The van der Waals surface area contributed by atoms with Crippen molar-refractivity contribution in [3.05, 3.63) is 77.8 Å². The minimum atomic E-state index is -0.417. The summed E-state index contributed by atoms with van der Waals surface area (Å²) in [5.41, 5.74) is 1.94. The Labute approximate surface area is 175 Å². The van der Waals surface area contributed by atoms with Gasteiger partial charge in [0.1, 0.15) is 11.9 Å². The van der Waals surface area contributed by atoms with Crippen molar-refractivity contribution in [3.63, 3.8) is 0 Å². The highest BCUT2D eigenvalue weighted by Gasteiger charge is 2.14. The Balaban J connectivity index is 1.67. The number of hydrogen-bond donors (Lipinski definition) is 0. The van der Waals surface area contributed by atoms with Gasteiger partial charge in [-0.3, -0.25) is 4.90 Å². The van der Waals surface area contributed by atoms with Gasteiger partial charge in [-0.2, -0.15) is 0 Å². The van der Waals surface area contributed by atoms with E-state index in [0.29, 0.717) is 6.54 Å². The highest BCUT2D eigenvalue weighted by atomic mass is 35.5. The van der Waals surface area contributed by atoms with Gasteiger partial charge < -0.3 is 14.0 Å². The topological polar surface area (TPSA) is 56.6 Å². The lowest BCUT2D eigenvalue weighted by Crippen LogP contribution is -2.26.